The van der Waals surface area contributed by atoms with Crippen molar-refractivity contribution >= 4 is 5.91 Å². The molecule has 0 aromatic heterocycles. The SMILES string of the molecule is O=C(NCCCO)C1CCC(O[N+](=O)[O-])CC1. The van der Waals surface area contributed by atoms with E-state index in [2.05, 4.69) is 10.2 Å². The van der Waals surface area contributed by atoms with Gasteiger partial charge in [-0.2, -0.15) is 0 Å². The summed E-state index contributed by atoms with van der Waals surface area (Å²) in [6, 6.07) is 0. The maximum atomic E-state index is 11.6. The number of aliphatic hydroxyl groups excluding tert-OH is 1. The van der Waals surface area contributed by atoms with Crippen LogP contribution in [0.25, 0.3) is 0 Å². The highest BCUT2D eigenvalue weighted by Crippen LogP contribution is 2.26. The van der Waals surface area contributed by atoms with Gasteiger partial charge in [-0.05, 0) is 32.1 Å². The Balaban J connectivity index is 2.21. The number of amides is 1. The second-order valence-corrected chi connectivity index (χ2v) is 4.17. The molecule has 17 heavy (non-hydrogen) atoms. The third-order valence-electron chi connectivity index (χ3n) is 2.91. The van der Waals surface area contributed by atoms with Crippen LogP contribution in [0.5, 0.6) is 0 Å². The Morgan fingerprint density at radius 1 is 1.41 bits per heavy atom. The predicted octanol–water partition coefficient (Wildman–Crippen LogP) is 0.252. The van der Waals surface area contributed by atoms with Crippen molar-refractivity contribution in [3.8, 4) is 0 Å². The van der Waals surface area contributed by atoms with Gasteiger partial charge in [0.25, 0.3) is 5.09 Å². The maximum absolute atomic E-state index is 11.6. The minimum Gasteiger partial charge on any atom is -0.396 e. The summed E-state index contributed by atoms with van der Waals surface area (Å²) in [7, 11) is 0. The van der Waals surface area contributed by atoms with Crippen molar-refractivity contribution in [3.05, 3.63) is 10.1 Å². The molecule has 1 amide bonds. The van der Waals surface area contributed by atoms with E-state index in [0.29, 0.717) is 38.6 Å². The quantitative estimate of drug-likeness (QED) is 0.397. The third kappa shape index (κ3) is 4.99. The van der Waals surface area contributed by atoms with Crippen molar-refractivity contribution < 1.29 is 19.8 Å². The molecule has 0 aliphatic heterocycles. The summed E-state index contributed by atoms with van der Waals surface area (Å²) in [6.45, 7) is 0.532. The van der Waals surface area contributed by atoms with Gasteiger partial charge in [-0.25, -0.2) is 0 Å². The van der Waals surface area contributed by atoms with E-state index in [1.807, 2.05) is 0 Å². The molecular weight excluding hydrogens is 228 g/mol. The fourth-order valence-corrected chi connectivity index (χ4v) is 1.99. The van der Waals surface area contributed by atoms with Crippen molar-refractivity contribution in [2.24, 2.45) is 5.92 Å². The molecule has 0 aromatic carbocycles. The normalized spacial score (nSPS) is 24.1. The van der Waals surface area contributed by atoms with Gasteiger partial charge in [-0.15, -0.1) is 10.1 Å². The molecule has 1 saturated carbocycles. The Morgan fingerprint density at radius 2 is 2.06 bits per heavy atom. The standard InChI is InChI=1S/C10H18N2O5/c13-7-1-6-11-10(14)8-2-4-9(5-3-8)17-12(15)16/h8-9,13H,1-7H2,(H,11,14). The van der Waals surface area contributed by atoms with Crippen LogP contribution in [0.2, 0.25) is 0 Å². The molecule has 0 unspecified atom stereocenters. The molecule has 98 valence electrons. The van der Waals surface area contributed by atoms with Gasteiger partial charge in [0, 0.05) is 19.1 Å². The molecule has 0 aromatic rings. The molecule has 1 aliphatic carbocycles. The van der Waals surface area contributed by atoms with Crippen LogP contribution in [-0.4, -0.2) is 35.4 Å². The highest BCUT2D eigenvalue weighted by Gasteiger charge is 2.27. The van der Waals surface area contributed by atoms with Crippen molar-refractivity contribution in [1.82, 2.24) is 5.32 Å². The van der Waals surface area contributed by atoms with Crippen LogP contribution in [0.15, 0.2) is 0 Å². The zero-order valence-corrected chi connectivity index (χ0v) is 9.63. The van der Waals surface area contributed by atoms with Crippen LogP contribution in [0.4, 0.5) is 0 Å². The summed E-state index contributed by atoms with van der Waals surface area (Å²) in [6.07, 6.45) is 2.49. The molecular formula is C10H18N2O5. The van der Waals surface area contributed by atoms with E-state index < -0.39 is 5.09 Å². The Kier molecular flexibility index (Phi) is 5.68. The third-order valence-corrected chi connectivity index (χ3v) is 2.91. The molecule has 0 spiro atoms. The Labute approximate surface area is 99.2 Å². The van der Waals surface area contributed by atoms with Gasteiger partial charge in [0.05, 0.1) is 0 Å². The number of nitrogens with zero attached hydrogens (tertiary/aromatic N) is 1. The second-order valence-electron chi connectivity index (χ2n) is 4.17. The minimum absolute atomic E-state index is 0.0296. The van der Waals surface area contributed by atoms with Crippen LogP contribution >= 0.6 is 0 Å². The molecule has 1 rings (SSSR count). The Hall–Kier alpha value is -1.37. The highest BCUT2D eigenvalue weighted by molar-refractivity contribution is 5.78. The van der Waals surface area contributed by atoms with Gasteiger partial charge in [-0.3, -0.25) is 4.79 Å². The van der Waals surface area contributed by atoms with Crippen LogP contribution in [-0.2, 0) is 9.63 Å². The summed E-state index contributed by atoms with van der Waals surface area (Å²) in [5.41, 5.74) is 0. The largest absolute Gasteiger partial charge is 0.396 e. The fourth-order valence-electron chi connectivity index (χ4n) is 1.99. The minimum atomic E-state index is -0.772. The molecule has 1 aliphatic rings. The monoisotopic (exact) mass is 246 g/mol. The van der Waals surface area contributed by atoms with Crippen molar-refractivity contribution in [2.45, 2.75) is 38.2 Å². The number of hydrogen-bond acceptors (Lipinski definition) is 5. The van der Waals surface area contributed by atoms with E-state index in [4.69, 9.17) is 5.11 Å². The fraction of sp³-hybridized carbons (Fsp3) is 0.900. The zero-order chi connectivity index (χ0) is 12.7. The summed E-state index contributed by atoms with van der Waals surface area (Å²) in [5, 5.41) is 20.7. The van der Waals surface area contributed by atoms with Gasteiger partial charge >= 0.3 is 0 Å². The number of carbonyl (C=O) groups excluding carboxylic acids is 1. The van der Waals surface area contributed by atoms with E-state index in [0.717, 1.165) is 0 Å². The van der Waals surface area contributed by atoms with Crippen molar-refractivity contribution in [1.29, 1.82) is 0 Å². The number of rotatable bonds is 6. The van der Waals surface area contributed by atoms with Gasteiger partial charge in [-0.1, -0.05) is 0 Å². The Morgan fingerprint density at radius 3 is 2.59 bits per heavy atom. The molecule has 7 heteroatoms. The lowest BCUT2D eigenvalue weighted by Gasteiger charge is -2.26. The summed E-state index contributed by atoms with van der Waals surface area (Å²) in [5.74, 6) is -0.113. The molecule has 2 N–H and O–H groups in total. The number of nitrogens with one attached hydrogen (secondary N) is 1. The smallest absolute Gasteiger partial charge is 0.294 e. The van der Waals surface area contributed by atoms with Gasteiger partial charge in [0.15, 0.2) is 0 Å². The first-order chi connectivity index (χ1) is 8.13. The lowest BCUT2D eigenvalue weighted by Crippen LogP contribution is -2.35. The van der Waals surface area contributed by atoms with Crippen molar-refractivity contribution in [2.75, 3.05) is 13.2 Å². The summed E-state index contributed by atoms with van der Waals surface area (Å²) < 4.78 is 0. The zero-order valence-electron chi connectivity index (χ0n) is 9.63. The first kappa shape index (κ1) is 13.7. The second kappa shape index (κ2) is 7.05. The lowest BCUT2D eigenvalue weighted by atomic mass is 9.87. The first-order valence-electron chi connectivity index (χ1n) is 5.83. The molecule has 7 nitrogen and oxygen atoms in total. The van der Waals surface area contributed by atoms with Crippen LogP contribution in [0.3, 0.4) is 0 Å². The lowest BCUT2D eigenvalue weighted by molar-refractivity contribution is -0.769. The van der Waals surface area contributed by atoms with Gasteiger partial charge < -0.3 is 15.3 Å². The van der Waals surface area contributed by atoms with E-state index in [1.165, 1.54) is 0 Å². The first-order valence-corrected chi connectivity index (χ1v) is 5.83. The highest BCUT2D eigenvalue weighted by atomic mass is 17.0. The van der Waals surface area contributed by atoms with Crippen LogP contribution in [0.1, 0.15) is 32.1 Å². The summed E-state index contributed by atoms with van der Waals surface area (Å²) in [4.78, 5) is 26.2. The predicted molar refractivity (Wildman–Crippen MR) is 58.5 cm³/mol. The van der Waals surface area contributed by atoms with E-state index in [9.17, 15) is 14.9 Å². The van der Waals surface area contributed by atoms with Gasteiger partial charge in [0.1, 0.15) is 6.10 Å². The van der Waals surface area contributed by atoms with E-state index in [1.54, 1.807) is 0 Å². The molecule has 0 bridgehead atoms. The number of carbonyl (C=O) groups is 1. The summed E-state index contributed by atoms with van der Waals surface area (Å²) >= 11 is 0. The average molecular weight is 246 g/mol. The number of aliphatic hydroxyl groups is 1. The molecule has 0 saturated heterocycles. The topological polar surface area (TPSA) is 102 Å². The number of hydrogen-bond donors (Lipinski definition) is 2. The average Bonchev–Trinajstić information content (AvgIpc) is 2.29. The molecule has 0 atom stereocenters. The van der Waals surface area contributed by atoms with E-state index in [-0.39, 0.29) is 24.5 Å². The Bertz CT molecular complexity index is 263. The molecule has 0 heterocycles. The molecule has 1 fully saturated rings. The van der Waals surface area contributed by atoms with Crippen LogP contribution < -0.4 is 5.32 Å². The van der Waals surface area contributed by atoms with Crippen molar-refractivity contribution in [3.63, 3.8) is 0 Å². The van der Waals surface area contributed by atoms with Crippen LogP contribution in [0, 0.1) is 16.0 Å². The van der Waals surface area contributed by atoms with Gasteiger partial charge in [0.2, 0.25) is 5.91 Å². The maximum Gasteiger partial charge on any atom is 0.294 e. The van der Waals surface area contributed by atoms with E-state index >= 15 is 0 Å². The molecule has 0 radical (unpaired) electrons.